The largest absolute Gasteiger partial charge is 0.378 e. The molecule has 0 radical (unpaired) electrons. The van der Waals surface area contributed by atoms with Gasteiger partial charge in [0.1, 0.15) is 12.1 Å². The van der Waals surface area contributed by atoms with Gasteiger partial charge in [0.15, 0.2) is 0 Å². The molecule has 19 heavy (non-hydrogen) atoms. The van der Waals surface area contributed by atoms with Crippen molar-refractivity contribution in [2.24, 2.45) is 0 Å². The number of nitrogens with one attached hydrogen (secondary N) is 1. The van der Waals surface area contributed by atoms with Crippen LogP contribution in [0, 0.1) is 0 Å². The van der Waals surface area contributed by atoms with Crippen molar-refractivity contribution >= 4 is 23.2 Å². The number of rotatable bonds is 2. The second-order valence-corrected chi connectivity index (χ2v) is 5.03. The highest BCUT2D eigenvalue weighted by molar-refractivity contribution is 6.08. The molecule has 102 valence electrons. The number of amides is 2. The molecule has 1 heterocycles. The Labute approximate surface area is 113 Å². The van der Waals surface area contributed by atoms with E-state index in [0.717, 1.165) is 11.4 Å². The lowest BCUT2D eigenvalue weighted by molar-refractivity contribution is -0.133. The number of carbonyl (C=O) groups excluding carboxylic acids is 2. The van der Waals surface area contributed by atoms with Crippen LogP contribution in [0.3, 0.4) is 0 Å². The quantitative estimate of drug-likeness (QED) is 0.864. The summed E-state index contributed by atoms with van der Waals surface area (Å²) in [7, 11) is 3.88. The summed E-state index contributed by atoms with van der Waals surface area (Å²) in [6, 6.07) is 6.66. The molecule has 5 heteroatoms. The first-order valence-electron chi connectivity index (χ1n) is 6.32. The molecular formula is C14H19N3O2. The average molecular weight is 261 g/mol. The standard InChI is InChI=1S/C14H19N3O2/c1-9-14(19)17(10(2)13(18)15-9)12-7-5-6-11(8-12)16(3)4/h5-10H,1-4H3,(H,15,18). The summed E-state index contributed by atoms with van der Waals surface area (Å²) in [5, 5.41) is 2.68. The Kier molecular flexibility index (Phi) is 3.46. The fourth-order valence-corrected chi connectivity index (χ4v) is 2.18. The predicted molar refractivity (Wildman–Crippen MR) is 75.3 cm³/mol. The van der Waals surface area contributed by atoms with Crippen LogP contribution in [-0.4, -0.2) is 38.0 Å². The van der Waals surface area contributed by atoms with E-state index in [-0.39, 0.29) is 11.8 Å². The summed E-state index contributed by atoms with van der Waals surface area (Å²) in [5.41, 5.74) is 1.75. The monoisotopic (exact) mass is 261 g/mol. The Hall–Kier alpha value is -2.04. The SMILES string of the molecule is CC1NC(=O)C(C)N(c2cccc(N(C)C)c2)C1=O. The molecule has 0 aromatic heterocycles. The highest BCUT2D eigenvalue weighted by Gasteiger charge is 2.36. The average Bonchev–Trinajstić information content (AvgIpc) is 2.37. The highest BCUT2D eigenvalue weighted by Crippen LogP contribution is 2.25. The maximum Gasteiger partial charge on any atom is 0.250 e. The number of hydrogen-bond donors (Lipinski definition) is 1. The third kappa shape index (κ3) is 2.41. The molecule has 2 unspecified atom stereocenters. The van der Waals surface area contributed by atoms with Gasteiger partial charge in [-0.3, -0.25) is 14.5 Å². The molecule has 5 nitrogen and oxygen atoms in total. The van der Waals surface area contributed by atoms with E-state index in [0.29, 0.717) is 0 Å². The normalized spacial score (nSPS) is 23.3. The Morgan fingerprint density at radius 3 is 2.53 bits per heavy atom. The Bertz CT molecular complexity index is 513. The summed E-state index contributed by atoms with van der Waals surface area (Å²) in [6.45, 7) is 3.44. The Morgan fingerprint density at radius 2 is 1.89 bits per heavy atom. The van der Waals surface area contributed by atoms with Gasteiger partial charge in [-0.2, -0.15) is 0 Å². The topological polar surface area (TPSA) is 52.7 Å². The van der Waals surface area contributed by atoms with Crippen LogP contribution in [0.5, 0.6) is 0 Å². The van der Waals surface area contributed by atoms with Gasteiger partial charge in [-0.1, -0.05) is 6.07 Å². The van der Waals surface area contributed by atoms with Crippen LogP contribution in [0.25, 0.3) is 0 Å². The van der Waals surface area contributed by atoms with Crippen LogP contribution in [0.15, 0.2) is 24.3 Å². The summed E-state index contributed by atoms with van der Waals surface area (Å²) in [6.07, 6.45) is 0. The second kappa shape index (κ2) is 4.91. The Morgan fingerprint density at radius 1 is 1.21 bits per heavy atom. The molecule has 1 aliphatic heterocycles. The van der Waals surface area contributed by atoms with Gasteiger partial charge in [-0.05, 0) is 32.0 Å². The van der Waals surface area contributed by atoms with E-state index >= 15 is 0 Å². The van der Waals surface area contributed by atoms with Crippen LogP contribution in [0.4, 0.5) is 11.4 Å². The van der Waals surface area contributed by atoms with Crippen LogP contribution in [-0.2, 0) is 9.59 Å². The van der Waals surface area contributed by atoms with Gasteiger partial charge >= 0.3 is 0 Å². The minimum absolute atomic E-state index is 0.0805. The maximum absolute atomic E-state index is 12.3. The molecule has 0 bridgehead atoms. The smallest absolute Gasteiger partial charge is 0.250 e. The number of anilines is 2. The first kappa shape index (κ1) is 13.4. The lowest BCUT2D eigenvalue weighted by atomic mass is 10.1. The molecule has 1 aromatic carbocycles. The van der Waals surface area contributed by atoms with Crippen molar-refractivity contribution in [3.05, 3.63) is 24.3 Å². The van der Waals surface area contributed by atoms with Gasteiger partial charge in [0.2, 0.25) is 11.8 Å². The fourth-order valence-electron chi connectivity index (χ4n) is 2.18. The summed E-state index contributed by atoms with van der Waals surface area (Å²) in [5.74, 6) is -0.203. The van der Waals surface area contributed by atoms with Crippen molar-refractivity contribution in [2.75, 3.05) is 23.9 Å². The number of hydrogen-bond acceptors (Lipinski definition) is 3. The summed E-state index contributed by atoms with van der Waals surface area (Å²) >= 11 is 0. The number of nitrogens with zero attached hydrogens (tertiary/aromatic N) is 2. The van der Waals surface area contributed by atoms with E-state index in [9.17, 15) is 9.59 Å². The molecule has 1 fully saturated rings. The van der Waals surface area contributed by atoms with Gasteiger partial charge in [0.25, 0.3) is 0 Å². The fraction of sp³-hybridized carbons (Fsp3) is 0.429. The zero-order valence-electron chi connectivity index (χ0n) is 11.7. The molecule has 1 aliphatic rings. The lowest BCUT2D eigenvalue weighted by Crippen LogP contribution is -2.61. The third-order valence-corrected chi connectivity index (χ3v) is 3.36. The van der Waals surface area contributed by atoms with E-state index in [1.54, 1.807) is 18.7 Å². The van der Waals surface area contributed by atoms with Gasteiger partial charge in [0.05, 0.1) is 0 Å². The van der Waals surface area contributed by atoms with Crippen LogP contribution in [0.2, 0.25) is 0 Å². The van der Waals surface area contributed by atoms with Crippen molar-refractivity contribution in [3.8, 4) is 0 Å². The summed E-state index contributed by atoms with van der Waals surface area (Å²) in [4.78, 5) is 27.6. The van der Waals surface area contributed by atoms with Gasteiger partial charge in [-0.25, -0.2) is 0 Å². The molecule has 1 saturated heterocycles. The van der Waals surface area contributed by atoms with E-state index in [1.807, 2.05) is 43.3 Å². The highest BCUT2D eigenvalue weighted by atomic mass is 16.2. The predicted octanol–water partition coefficient (Wildman–Crippen LogP) is 0.992. The maximum atomic E-state index is 12.3. The van der Waals surface area contributed by atoms with Crippen molar-refractivity contribution < 1.29 is 9.59 Å². The molecule has 0 saturated carbocycles. The van der Waals surface area contributed by atoms with E-state index in [1.165, 1.54) is 0 Å². The Balaban J connectivity index is 2.40. The van der Waals surface area contributed by atoms with Crippen molar-refractivity contribution in [2.45, 2.75) is 25.9 Å². The first-order chi connectivity index (χ1) is 8.91. The van der Waals surface area contributed by atoms with Gasteiger partial charge in [0, 0.05) is 25.5 Å². The van der Waals surface area contributed by atoms with Crippen LogP contribution < -0.4 is 15.1 Å². The molecular weight excluding hydrogens is 242 g/mol. The van der Waals surface area contributed by atoms with E-state index in [4.69, 9.17) is 0 Å². The second-order valence-electron chi connectivity index (χ2n) is 5.03. The zero-order chi connectivity index (χ0) is 14.2. The molecule has 1 aromatic rings. The molecule has 1 N–H and O–H groups in total. The molecule has 2 amide bonds. The minimum atomic E-state index is -0.485. The molecule has 0 spiro atoms. The minimum Gasteiger partial charge on any atom is -0.378 e. The van der Waals surface area contributed by atoms with E-state index < -0.39 is 12.1 Å². The molecule has 2 rings (SSSR count). The van der Waals surface area contributed by atoms with Gasteiger partial charge < -0.3 is 10.2 Å². The van der Waals surface area contributed by atoms with Crippen molar-refractivity contribution in [1.82, 2.24) is 5.32 Å². The van der Waals surface area contributed by atoms with Crippen molar-refractivity contribution in [1.29, 1.82) is 0 Å². The van der Waals surface area contributed by atoms with Crippen LogP contribution in [0.1, 0.15) is 13.8 Å². The number of carbonyl (C=O) groups is 2. The third-order valence-electron chi connectivity index (χ3n) is 3.36. The summed E-state index contributed by atoms with van der Waals surface area (Å²) < 4.78 is 0. The lowest BCUT2D eigenvalue weighted by Gasteiger charge is -2.36. The van der Waals surface area contributed by atoms with Gasteiger partial charge in [-0.15, -0.1) is 0 Å². The van der Waals surface area contributed by atoms with Crippen molar-refractivity contribution in [3.63, 3.8) is 0 Å². The number of benzene rings is 1. The zero-order valence-corrected chi connectivity index (χ0v) is 11.7. The molecule has 0 aliphatic carbocycles. The first-order valence-corrected chi connectivity index (χ1v) is 6.32. The molecule has 2 atom stereocenters. The van der Waals surface area contributed by atoms with E-state index in [2.05, 4.69) is 5.32 Å². The van der Waals surface area contributed by atoms with Crippen LogP contribution >= 0.6 is 0 Å². The number of piperazine rings is 1.